The van der Waals surface area contributed by atoms with E-state index in [4.69, 9.17) is 5.26 Å². The van der Waals surface area contributed by atoms with Crippen molar-refractivity contribution in [3.63, 3.8) is 0 Å². The molecule has 1 saturated heterocycles. The third-order valence-corrected chi connectivity index (χ3v) is 4.03. The lowest BCUT2D eigenvalue weighted by atomic mass is 9.94. The number of nitro benzene ring substituents is 1. The van der Waals surface area contributed by atoms with Gasteiger partial charge in [-0.1, -0.05) is 0 Å². The Kier molecular flexibility index (Phi) is 5.12. The molecule has 0 atom stereocenters. The summed E-state index contributed by atoms with van der Waals surface area (Å²) in [6.45, 7) is 3.09. The number of hydrogen-bond donors (Lipinski definition) is 1. The third kappa shape index (κ3) is 4.17. The van der Waals surface area contributed by atoms with Crippen LogP contribution in [-0.4, -0.2) is 36.5 Å². The molecule has 2 rings (SSSR count). The van der Waals surface area contributed by atoms with Crippen molar-refractivity contribution in [1.82, 2.24) is 4.90 Å². The second-order valence-corrected chi connectivity index (χ2v) is 5.56. The van der Waals surface area contributed by atoms with Gasteiger partial charge in [0.15, 0.2) is 0 Å². The van der Waals surface area contributed by atoms with Gasteiger partial charge in [0.05, 0.1) is 4.92 Å². The first-order valence-corrected chi connectivity index (χ1v) is 7.21. The molecule has 1 aromatic rings. The quantitative estimate of drug-likeness (QED) is 0.665. The Bertz CT molecular complexity index is 545. The third-order valence-electron chi connectivity index (χ3n) is 4.03. The van der Waals surface area contributed by atoms with Crippen LogP contribution in [0, 0.1) is 27.4 Å². The van der Waals surface area contributed by atoms with Crippen molar-refractivity contribution in [2.45, 2.75) is 19.3 Å². The molecule has 1 aliphatic heterocycles. The van der Waals surface area contributed by atoms with Gasteiger partial charge in [-0.25, -0.2) is 0 Å². The first-order valence-electron chi connectivity index (χ1n) is 7.21. The Morgan fingerprint density at radius 2 is 2.19 bits per heavy atom. The second kappa shape index (κ2) is 7.04. The van der Waals surface area contributed by atoms with Crippen LogP contribution in [0.25, 0.3) is 0 Å². The second-order valence-electron chi connectivity index (χ2n) is 5.56. The maximum Gasteiger partial charge on any atom is 0.289 e. The lowest BCUT2D eigenvalue weighted by molar-refractivity contribution is -0.385. The lowest BCUT2D eigenvalue weighted by Gasteiger charge is -2.28. The first-order chi connectivity index (χ1) is 10.1. The molecule has 6 heteroatoms. The molecule has 0 aromatic heterocycles. The number of piperidine rings is 1. The van der Waals surface area contributed by atoms with Crippen molar-refractivity contribution in [2.24, 2.45) is 5.92 Å². The van der Waals surface area contributed by atoms with Gasteiger partial charge in [-0.2, -0.15) is 5.26 Å². The normalized spacial score (nSPS) is 16.4. The average molecular weight is 288 g/mol. The fourth-order valence-electron chi connectivity index (χ4n) is 2.66. The molecule has 21 heavy (non-hydrogen) atoms. The van der Waals surface area contributed by atoms with Gasteiger partial charge in [0, 0.05) is 18.3 Å². The SMILES string of the molecule is CN1CCC(CCNc2ccc(C#N)c([N+](=O)[O-])c2)CC1. The van der Waals surface area contributed by atoms with E-state index in [1.54, 1.807) is 6.07 Å². The highest BCUT2D eigenvalue weighted by Gasteiger charge is 2.17. The molecule has 1 aliphatic rings. The van der Waals surface area contributed by atoms with E-state index in [1.165, 1.54) is 25.0 Å². The zero-order valence-corrected chi connectivity index (χ0v) is 12.2. The predicted octanol–water partition coefficient (Wildman–Crippen LogP) is 2.61. The summed E-state index contributed by atoms with van der Waals surface area (Å²) in [5.41, 5.74) is 0.663. The number of anilines is 1. The number of nitrogens with zero attached hydrogens (tertiary/aromatic N) is 3. The summed E-state index contributed by atoms with van der Waals surface area (Å²) in [6.07, 6.45) is 3.50. The average Bonchev–Trinajstić information content (AvgIpc) is 2.49. The molecule has 1 heterocycles. The first kappa shape index (κ1) is 15.3. The minimum absolute atomic E-state index is 0.0980. The molecular formula is C15H20N4O2. The minimum Gasteiger partial charge on any atom is -0.385 e. The Morgan fingerprint density at radius 3 is 2.81 bits per heavy atom. The van der Waals surface area contributed by atoms with E-state index >= 15 is 0 Å². The summed E-state index contributed by atoms with van der Waals surface area (Å²) in [5, 5.41) is 23.0. The highest BCUT2D eigenvalue weighted by molar-refractivity contribution is 5.59. The fraction of sp³-hybridized carbons (Fsp3) is 0.533. The number of nitro groups is 1. The number of hydrogen-bond acceptors (Lipinski definition) is 5. The zero-order valence-electron chi connectivity index (χ0n) is 12.2. The van der Waals surface area contributed by atoms with Crippen molar-refractivity contribution in [1.29, 1.82) is 5.26 Å². The van der Waals surface area contributed by atoms with E-state index in [-0.39, 0.29) is 11.3 Å². The van der Waals surface area contributed by atoms with Crippen LogP contribution in [0.2, 0.25) is 0 Å². The summed E-state index contributed by atoms with van der Waals surface area (Å²) in [6, 6.07) is 6.50. The lowest BCUT2D eigenvalue weighted by Crippen LogP contribution is -2.30. The molecule has 0 aliphatic carbocycles. The summed E-state index contributed by atoms with van der Waals surface area (Å²) in [4.78, 5) is 12.7. The van der Waals surface area contributed by atoms with Gasteiger partial charge < -0.3 is 10.2 Å². The highest BCUT2D eigenvalue weighted by atomic mass is 16.6. The molecule has 0 unspecified atom stereocenters. The number of rotatable bonds is 5. The summed E-state index contributed by atoms with van der Waals surface area (Å²) in [5.74, 6) is 0.724. The number of likely N-dealkylation sites (tertiary alicyclic amines) is 1. The van der Waals surface area contributed by atoms with Crippen molar-refractivity contribution in [3.8, 4) is 6.07 Å². The standard InChI is InChI=1S/C15H20N4O2/c1-18-8-5-12(6-9-18)4-7-17-14-3-2-13(11-16)15(10-14)19(20)21/h2-3,10,12,17H,4-9H2,1H3. The predicted molar refractivity (Wildman–Crippen MR) is 81.1 cm³/mol. The molecule has 0 bridgehead atoms. The largest absolute Gasteiger partial charge is 0.385 e. The monoisotopic (exact) mass is 288 g/mol. The van der Waals surface area contributed by atoms with Crippen molar-refractivity contribution in [3.05, 3.63) is 33.9 Å². The Balaban J connectivity index is 1.87. The van der Waals surface area contributed by atoms with Crippen LogP contribution in [0.1, 0.15) is 24.8 Å². The van der Waals surface area contributed by atoms with E-state index in [1.807, 2.05) is 6.07 Å². The Hall–Kier alpha value is -2.13. The molecule has 0 radical (unpaired) electrons. The van der Waals surface area contributed by atoms with Crippen LogP contribution < -0.4 is 5.32 Å². The molecule has 0 spiro atoms. The maximum atomic E-state index is 10.9. The zero-order chi connectivity index (χ0) is 15.2. The van der Waals surface area contributed by atoms with Gasteiger partial charge in [0.25, 0.3) is 5.69 Å². The van der Waals surface area contributed by atoms with E-state index in [0.29, 0.717) is 5.69 Å². The van der Waals surface area contributed by atoms with E-state index in [0.717, 1.165) is 32.0 Å². The Labute approximate surface area is 124 Å². The topological polar surface area (TPSA) is 82.2 Å². The molecule has 1 N–H and O–H groups in total. The molecule has 1 aromatic carbocycles. The molecule has 6 nitrogen and oxygen atoms in total. The van der Waals surface area contributed by atoms with Crippen LogP contribution in [0.3, 0.4) is 0 Å². The van der Waals surface area contributed by atoms with E-state index in [9.17, 15) is 10.1 Å². The highest BCUT2D eigenvalue weighted by Crippen LogP contribution is 2.23. The fourth-order valence-corrected chi connectivity index (χ4v) is 2.66. The molecule has 112 valence electrons. The van der Waals surface area contributed by atoms with Gasteiger partial charge >= 0.3 is 0 Å². The molecule has 0 saturated carbocycles. The van der Waals surface area contributed by atoms with Crippen molar-refractivity contribution in [2.75, 3.05) is 32.0 Å². The van der Waals surface area contributed by atoms with Gasteiger partial charge in [0.2, 0.25) is 0 Å². The van der Waals surface area contributed by atoms with Crippen molar-refractivity contribution >= 4 is 11.4 Å². The summed E-state index contributed by atoms with van der Waals surface area (Å²) in [7, 11) is 2.14. The number of nitriles is 1. The molecule has 1 fully saturated rings. The summed E-state index contributed by atoms with van der Waals surface area (Å²) < 4.78 is 0. The minimum atomic E-state index is -0.513. The van der Waals surface area contributed by atoms with Crippen LogP contribution in [-0.2, 0) is 0 Å². The van der Waals surface area contributed by atoms with Gasteiger partial charge in [-0.3, -0.25) is 10.1 Å². The number of benzene rings is 1. The number of nitrogens with one attached hydrogen (secondary N) is 1. The maximum absolute atomic E-state index is 10.9. The van der Waals surface area contributed by atoms with Crippen molar-refractivity contribution < 1.29 is 4.92 Å². The van der Waals surface area contributed by atoms with E-state index in [2.05, 4.69) is 17.3 Å². The molecular weight excluding hydrogens is 268 g/mol. The van der Waals surface area contributed by atoms with Gasteiger partial charge in [-0.15, -0.1) is 0 Å². The van der Waals surface area contributed by atoms with Gasteiger partial charge in [-0.05, 0) is 57.5 Å². The molecule has 0 amide bonds. The summed E-state index contributed by atoms with van der Waals surface area (Å²) >= 11 is 0. The smallest absolute Gasteiger partial charge is 0.289 e. The van der Waals surface area contributed by atoms with Crippen LogP contribution in [0.5, 0.6) is 0 Å². The van der Waals surface area contributed by atoms with E-state index < -0.39 is 4.92 Å². The Morgan fingerprint density at radius 1 is 1.48 bits per heavy atom. The van der Waals surface area contributed by atoms with Crippen LogP contribution >= 0.6 is 0 Å². The van der Waals surface area contributed by atoms with Gasteiger partial charge in [0.1, 0.15) is 11.6 Å². The van der Waals surface area contributed by atoms with Crippen LogP contribution in [0.4, 0.5) is 11.4 Å². The van der Waals surface area contributed by atoms with Crippen LogP contribution in [0.15, 0.2) is 18.2 Å².